The molecule has 9 nitrogen and oxygen atoms in total. The average molecular weight is 595 g/mol. The van der Waals surface area contributed by atoms with E-state index in [1.165, 1.54) is 4.90 Å². The van der Waals surface area contributed by atoms with Gasteiger partial charge in [-0.05, 0) is 49.9 Å². The molecule has 38 heavy (non-hydrogen) atoms. The minimum atomic E-state index is -1.14. The van der Waals surface area contributed by atoms with Gasteiger partial charge < -0.3 is 30.1 Å². The number of hydrogen-bond acceptors (Lipinski definition) is 6. The van der Waals surface area contributed by atoms with E-state index in [1.54, 1.807) is 24.3 Å². The number of aliphatic hydroxyl groups excluding tert-OH is 1. The number of rotatable bonds is 12. The van der Waals surface area contributed by atoms with Crippen molar-refractivity contribution in [3.8, 4) is 5.75 Å². The number of nitrogens with zero attached hydrogens (tertiary/aromatic N) is 1. The van der Waals surface area contributed by atoms with Crippen molar-refractivity contribution < 1.29 is 29.0 Å². The summed E-state index contributed by atoms with van der Waals surface area (Å²) in [6.45, 7) is 8.59. The first-order valence-electron chi connectivity index (χ1n) is 13.8. The minimum Gasteiger partial charge on any atom is -0.494 e. The summed E-state index contributed by atoms with van der Waals surface area (Å²) in [5, 5.41) is 16.2. The molecule has 3 heterocycles. The molecule has 4 rings (SSSR count). The number of aliphatic hydroxyl groups is 1. The van der Waals surface area contributed by atoms with Crippen LogP contribution in [-0.4, -0.2) is 76.1 Å². The highest BCUT2D eigenvalue weighted by Crippen LogP contribution is 2.60. The Balaban J connectivity index is 1.65. The van der Waals surface area contributed by atoms with Crippen molar-refractivity contribution >= 4 is 39.3 Å². The molecule has 3 aliphatic heterocycles. The first kappa shape index (κ1) is 28.8. The largest absolute Gasteiger partial charge is 0.494 e. The molecule has 0 saturated carbocycles. The molecule has 3 N–H and O–H groups in total. The fourth-order valence-electron chi connectivity index (χ4n) is 6.35. The average Bonchev–Trinajstić information content (AvgIpc) is 3.47. The standard InChI is InChI=1S/C28H40BrN3O6/c1-5-7-8-13-30-26(35)24-28-14-19(29)23(38-28)21(22(28)27(36)32(24)20(15-33)16(3)4)25(34)31-17-9-11-18(12-10-17)37-6-2/h9-12,16,19-24,33H,5-8,13-15H2,1-4H3,(H,30,35)(H,31,34)/t19?,20-,21-,22-,23-,24?,28?/m0/s1. The number of alkyl halides is 1. The number of nitrogens with one attached hydrogen (secondary N) is 2. The van der Waals surface area contributed by atoms with Gasteiger partial charge in [0.05, 0.1) is 37.2 Å². The third kappa shape index (κ3) is 5.07. The molecule has 3 amide bonds. The lowest BCUT2D eigenvalue weighted by molar-refractivity contribution is -0.146. The van der Waals surface area contributed by atoms with Crippen LogP contribution in [-0.2, 0) is 19.1 Å². The number of halogens is 1. The van der Waals surface area contributed by atoms with Gasteiger partial charge in [-0.1, -0.05) is 49.5 Å². The first-order valence-corrected chi connectivity index (χ1v) is 14.7. The quantitative estimate of drug-likeness (QED) is 0.253. The van der Waals surface area contributed by atoms with Crippen LogP contribution in [0, 0.1) is 17.8 Å². The van der Waals surface area contributed by atoms with Crippen molar-refractivity contribution in [1.29, 1.82) is 0 Å². The smallest absolute Gasteiger partial charge is 0.245 e. The molecule has 3 unspecified atom stereocenters. The van der Waals surface area contributed by atoms with Crippen molar-refractivity contribution in [2.24, 2.45) is 17.8 Å². The second-order valence-electron chi connectivity index (χ2n) is 10.8. The Kier molecular flexibility index (Phi) is 9.04. The summed E-state index contributed by atoms with van der Waals surface area (Å²) >= 11 is 3.69. The molecule has 1 aromatic carbocycles. The Morgan fingerprint density at radius 2 is 1.92 bits per heavy atom. The van der Waals surface area contributed by atoms with E-state index >= 15 is 0 Å². The maximum Gasteiger partial charge on any atom is 0.245 e. The molecule has 10 heteroatoms. The summed E-state index contributed by atoms with van der Waals surface area (Å²) in [6.07, 6.45) is 2.74. The van der Waals surface area contributed by atoms with Gasteiger partial charge in [0.15, 0.2) is 0 Å². The molecule has 3 aliphatic rings. The molecule has 0 radical (unpaired) electrons. The maximum absolute atomic E-state index is 14.1. The molecule has 3 saturated heterocycles. The maximum atomic E-state index is 14.1. The number of fused-ring (bicyclic) bond motifs is 1. The van der Waals surface area contributed by atoms with Gasteiger partial charge in [0.1, 0.15) is 17.4 Å². The Morgan fingerprint density at radius 1 is 1.21 bits per heavy atom. The van der Waals surface area contributed by atoms with Crippen molar-refractivity contribution in [2.75, 3.05) is 25.1 Å². The van der Waals surface area contributed by atoms with Crippen LogP contribution in [0.25, 0.3) is 0 Å². The van der Waals surface area contributed by atoms with Gasteiger partial charge in [-0.2, -0.15) is 0 Å². The van der Waals surface area contributed by atoms with E-state index in [0.717, 1.165) is 19.3 Å². The molecular formula is C28H40BrN3O6. The van der Waals surface area contributed by atoms with E-state index in [-0.39, 0.29) is 35.1 Å². The van der Waals surface area contributed by atoms with Gasteiger partial charge in [0.2, 0.25) is 17.7 Å². The zero-order valence-electron chi connectivity index (χ0n) is 22.6. The Hall–Kier alpha value is -2.17. The summed E-state index contributed by atoms with van der Waals surface area (Å²) in [4.78, 5) is 42.8. The van der Waals surface area contributed by atoms with Crippen LogP contribution in [0.1, 0.15) is 53.4 Å². The van der Waals surface area contributed by atoms with E-state index in [1.807, 2.05) is 20.8 Å². The number of amides is 3. The molecule has 2 bridgehead atoms. The number of unbranched alkanes of at least 4 members (excludes halogenated alkanes) is 2. The zero-order valence-corrected chi connectivity index (χ0v) is 24.2. The number of anilines is 1. The Labute approximate surface area is 233 Å². The molecule has 0 aliphatic carbocycles. The Morgan fingerprint density at radius 3 is 2.53 bits per heavy atom. The predicted octanol–water partition coefficient (Wildman–Crippen LogP) is 3.10. The minimum absolute atomic E-state index is 0.0948. The fourth-order valence-corrected chi connectivity index (χ4v) is 7.30. The molecular weight excluding hydrogens is 554 g/mol. The number of hydrogen-bond donors (Lipinski definition) is 3. The van der Waals surface area contributed by atoms with E-state index in [0.29, 0.717) is 31.0 Å². The number of benzene rings is 1. The number of carbonyl (C=O) groups excluding carboxylic acids is 3. The van der Waals surface area contributed by atoms with Gasteiger partial charge in [0.25, 0.3) is 0 Å². The number of ether oxygens (including phenoxy) is 2. The Bertz CT molecular complexity index is 1020. The van der Waals surface area contributed by atoms with Crippen molar-refractivity contribution in [3.05, 3.63) is 24.3 Å². The van der Waals surface area contributed by atoms with Gasteiger partial charge in [0, 0.05) is 17.1 Å². The normalized spacial score (nSPS) is 30.4. The molecule has 210 valence electrons. The fraction of sp³-hybridized carbons (Fsp3) is 0.679. The lowest BCUT2D eigenvalue weighted by Gasteiger charge is -2.38. The van der Waals surface area contributed by atoms with Crippen LogP contribution in [0.5, 0.6) is 5.75 Å². The van der Waals surface area contributed by atoms with E-state index < -0.39 is 35.6 Å². The molecule has 1 aromatic rings. The van der Waals surface area contributed by atoms with Crippen LogP contribution < -0.4 is 15.4 Å². The third-order valence-corrected chi connectivity index (χ3v) is 8.95. The van der Waals surface area contributed by atoms with Gasteiger partial charge in [-0.15, -0.1) is 0 Å². The highest BCUT2D eigenvalue weighted by Gasteiger charge is 2.77. The van der Waals surface area contributed by atoms with Gasteiger partial charge >= 0.3 is 0 Å². The van der Waals surface area contributed by atoms with Crippen LogP contribution >= 0.6 is 15.9 Å². The molecule has 7 atom stereocenters. The summed E-state index contributed by atoms with van der Waals surface area (Å²) in [5.74, 6) is -1.90. The second kappa shape index (κ2) is 11.9. The molecule has 0 aromatic heterocycles. The van der Waals surface area contributed by atoms with E-state index in [2.05, 4.69) is 33.5 Å². The lowest BCUT2D eigenvalue weighted by Crippen LogP contribution is -2.59. The highest BCUT2D eigenvalue weighted by atomic mass is 79.9. The number of likely N-dealkylation sites (tertiary alicyclic amines) is 1. The summed E-state index contributed by atoms with van der Waals surface area (Å²) < 4.78 is 12.0. The van der Waals surface area contributed by atoms with Crippen LogP contribution in [0.3, 0.4) is 0 Å². The zero-order chi connectivity index (χ0) is 27.6. The number of carbonyl (C=O) groups is 3. The van der Waals surface area contributed by atoms with Crippen molar-refractivity contribution in [1.82, 2.24) is 10.2 Å². The summed E-state index contributed by atoms with van der Waals surface area (Å²) in [6, 6.07) is 5.58. The molecule has 1 spiro atoms. The summed E-state index contributed by atoms with van der Waals surface area (Å²) in [5.41, 5.74) is -0.558. The van der Waals surface area contributed by atoms with Crippen LogP contribution in [0.2, 0.25) is 0 Å². The first-order chi connectivity index (χ1) is 18.2. The lowest BCUT2D eigenvalue weighted by atomic mass is 9.70. The predicted molar refractivity (Wildman–Crippen MR) is 147 cm³/mol. The van der Waals surface area contributed by atoms with Gasteiger partial charge in [-0.25, -0.2) is 0 Å². The highest BCUT2D eigenvalue weighted by molar-refractivity contribution is 9.09. The van der Waals surface area contributed by atoms with E-state index in [9.17, 15) is 19.5 Å². The van der Waals surface area contributed by atoms with Crippen LogP contribution in [0.15, 0.2) is 24.3 Å². The topological polar surface area (TPSA) is 117 Å². The summed E-state index contributed by atoms with van der Waals surface area (Å²) in [7, 11) is 0. The van der Waals surface area contributed by atoms with E-state index in [4.69, 9.17) is 9.47 Å². The monoisotopic (exact) mass is 593 g/mol. The van der Waals surface area contributed by atoms with Gasteiger partial charge in [-0.3, -0.25) is 14.4 Å². The van der Waals surface area contributed by atoms with Crippen molar-refractivity contribution in [2.45, 2.75) is 82.0 Å². The van der Waals surface area contributed by atoms with Crippen molar-refractivity contribution in [3.63, 3.8) is 0 Å². The second-order valence-corrected chi connectivity index (χ2v) is 12.0. The molecule has 3 fully saturated rings. The SMILES string of the molecule is CCCCCNC(=O)C1N([C@@H](CO)C(C)C)C(=O)[C@@H]2[C@H](C(=O)Nc3ccc(OCC)cc3)[C@H]3OC12CC3Br. The van der Waals surface area contributed by atoms with Crippen LogP contribution in [0.4, 0.5) is 5.69 Å². The third-order valence-electron chi connectivity index (χ3n) is 8.10.